The third-order valence-electron chi connectivity index (χ3n) is 4.90. The lowest BCUT2D eigenvalue weighted by molar-refractivity contribution is 0.0145. The number of methoxy groups -OCH3 is 1. The van der Waals surface area contributed by atoms with E-state index in [4.69, 9.17) is 9.47 Å². The van der Waals surface area contributed by atoms with Crippen molar-refractivity contribution < 1.29 is 9.47 Å². The van der Waals surface area contributed by atoms with Crippen molar-refractivity contribution in [2.45, 2.75) is 45.1 Å². The number of rotatable bonds is 6. The summed E-state index contributed by atoms with van der Waals surface area (Å²) in [5.41, 5.74) is 2.97. The SMILES string of the molecule is COc1ccc(C)cc1CC1(CNC2CC2)CCOCC1. The quantitative estimate of drug-likeness (QED) is 0.873. The Kier molecular flexibility index (Phi) is 4.51. The van der Waals surface area contributed by atoms with Gasteiger partial charge in [0.05, 0.1) is 7.11 Å². The largest absolute Gasteiger partial charge is 0.496 e. The molecule has 3 heteroatoms. The van der Waals surface area contributed by atoms with Crippen molar-refractivity contribution in [3.05, 3.63) is 29.3 Å². The summed E-state index contributed by atoms with van der Waals surface area (Å²) in [5, 5.41) is 3.74. The van der Waals surface area contributed by atoms with Crippen LogP contribution in [-0.2, 0) is 11.2 Å². The van der Waals surface area contributed by atoms with Crippen LogP contribution < -0.4 is 10.1 Å². The Morgan fingerprint density at radius 1 is 1.29 bits per heavy atom. The van der Waals surface area contributed by atoms with Gasteiger partial charge in [-0.05, 0) is 56.1 Å². The standard InChI is InChI=1S/C18H27NO2/c1-14-3-6-17(20-2)15(11-14)12-18(7-9-21-10-8-18)13-19-16-4-5-16/h3,6,11,16,19H,4-5,7-10,12-13H2,1-2H3. The van der Waals surface area contributed by atoms with Crippen molar-refractivity contribution in [1.82, 2.24) is 5.32 Å². The number of aryl methyl sites for hydroxylation is 1. The van der Waals surface area contributed by atoms with Crippen LogP contribution in [0.25, 0.3) is 0 Å². The molecule has 1 heterocycles. The van der Waals surface area contributed by atoms with Gasteiger partial charge in [-0.25, -0.2) is 0 Å². The number of hydrogen-bond acceptors (Lipinski definition) is 3. The second-order valence-corrected chi connectivity index (χ2v) is 6.76. The van der Waals surface area contributed by atoms with E-state index in [9.17, 15) is 0 Å². The Labute approximate surface area is 128 Å². The van der Waals surface area contributed by atoms with Gasteiger partial charge in [0.25, 0.3) is 0 Å². The predicted molar refractivity (Wildman–Crippen MR) is 84.9 cm³/mol. The lowest BCUT2D eigenvalue weighted by Gasteiger charge is -2.38. The molecular weight excluding hydrogens is 262 g/mol. The summed E-state index contributed by atoms with van der Waals surface area (Å²) >= 11 is 0. The molecule has 0 radical (unpaired) electrons. The van der Waals surface area contributed by atoms with Crippen molar-refractivity contribution in [3.63, 3.8) is 0 Å². The summed E-state index contributed by atoms with van der Waals surface area (Å²) < 4.78 is 11.2. The minimum Gasteiger partial charge on any atom is -0.496 e. The summed E-state index contributed by atoms with van der Waals surface area (Å²) in [6.07, 6.45) is 6.06. The number of benzene rings is 1. The van der Waals surface area contributed by atoms with E-state index >= 15 is 0 Å². The molecule has 0 bridgehead atoms. The molecule has 116 valence electrons. The monoisotopic (exact) mass is 289 g/mol. The molecule has 21 heavy (non-hydrogen) atoms. The molecule has 1 N–H and O–H groups in total. The van der Waals surface area contributed by atoms with Gasteiger partial charge in [0, 0.05) is 25.8 Å². The molecule has 0 spiro atoms. The maximum absolute atomic E-state index is 5.61. The number of hydrogen-bond donors (Lipinski definition) is 1. The molecule has 1 aromatic carbocycles. The molecule has 0 unspecified atom stereocenters. The van der Waals surface area contributed by atoms with Crippen LogP contribution in [-0.4, -0.2) is 32.9 Å². The van der Waals surface area contributed by atoms with Crippen LogP contribution in [0.4, 0.5) is 0 Å². The molecule has 1 aromatic rings. The van der Waals surface area contributed by atoms with Crippen LogP contribution in [0.5, 0.6) is 5.75 Å². The summed E-state index contributed by atoms with van der Waals surface area (Å²) in [5.74, 6) is 1.03. The molecule has 1 saturated heterocycles. The molecule has 1 aliphatic heterocycles. The van der Waals surface area contributed by atoms with Crippen LogP contribution in [0.15, 0.2) is 18.2 Å². The van der Waals surface area contributed by atoms with Crippen LogP contribution in [0.2, 0.25) is 0 Å². The minimum absolute atomic E-state index is 0.321. The lowest BCUT2D eigenvalue weighted by atomic mass is 9.74. The fraction of sp³-hybridized carbons (Fsp3) is 0.667. The zero-order valence-electron chi connectivity index (χ0n) is 13.3. The van der Waals surface area contributed by atoms with Gasteiger partial charge >= 0.3 is 0 Å². The van der Waals surface area contributed by atoms with Gasteiger partial charge < -0.3 is 14.8 Å². The highest BCUT2D eigenvalue weighted by molar-refractivity contribution is 5.37. The van der Waals surface area contributed by atoms with Crippen molar-refractivity contribution in [2.24, 2.45) is 5.41 Å². The van der Waals surface area contributed by atoms with E-state index in [-0.39, 0.29) is 0 Å². The first-order valence-corrected chi connectivity index (χ1v) is 8.15. The molecule has 2 aliphatic rings. The Morgan fingerprint density at radius 2 is 2.05 bits per heavy atom. The van der Waals surface area contributed by atoms with E-state index in [1.807, 2.05) is 0 Å². The summed E-state index contributed by atoms with van der Waals surface area (Å²) in [6, 6.07) is 7.28. The van der Waals surface area contributed by atoms with Crippen molar-refractivity contribution >= 4 is 0 Å². The molecule has 3 nitrogen and oxygen atoms in total. The highest BCUT2D eigenvalue weighted by Gasteiger charge is 2.35. The third kappa shape index (κ3) is 3.78. The van der Waals surface area contributed by atoms with Gasteiger partial charge in [0.15, 0.2) is 0 Å². The fourth-order valence-corrected chi connectivity index (χ4v) is 3.32. The topological polar surface area (TPSA) is 30.5 Å². The van der Waals surface area contributed by atoms with Crippen LogP contribution in [0.3, 0.4) is 0 Å². The van der Waals surface area contributed by atoms with E-state index in [1.54, 1.807) is 7.11 Å². The van der Waals surface area contributed by atoms with Gasteiger partial charge in [0.1, 0.15) is 5.75 Å². The highest BCUT2D eigenvalue weighted by atomic mass is 16.5. The minimum atomic E-state index is 0.321. The summed E-state index contributed by atoms with van der Waals surface area (Å²) in [7, 11) is 1.77. The van der Waals surface area contributed by atoms with Gasteiger partial charge in [-0.15, -0.1) is 0 Å². The van der Waals surface area contributed by atoms with E-state index in [0.717, 1.165) is 50.8 Å². The molecule has 2 fully saturated rings. The van der Waals surface area contributed by atoms with Crippen LogP contribution in [0.1, 0.15) is 36.8 Å². The van der Waals surface area contributed by atoms with Crippen molar-refractivity contribution in [1.29, 1.82) is 0 Å². The molecule has 0 atom stereocenters. The summed E-state index contributed by atoms with van der Waals surface area (Å²) in [4.78, 5) is 0. The normalized spacial score (nSPS) is 21.2. The first-order chi connectivity index (χ1) is 10.2. The Balaban J connectivity index is 1.77. The average molecular weight is 289 g/mol. The first-order valence-electron chi connectivity index (χ1n) is 8.15. The van der Waals surface area contributed by atoms with E-state index in [0.29, 0.717) is 5.41 Å². The second kappa shape index (κ2) is 6.37. The average Bonchev–Trinajstić information content (AvgIpc) is 3.31. The van der Waals surface area contributed by atoms with Crippen molar-refractivity contribution in [3.8, 4) is 5.75 Å². The zero-order chi connectivity index (χ0) is 14.7. The maximum Gasteiger partial charge on any atom is 0.122 e. The Morgan fingerprint density at radius 3 is 2.71 bits per heavy atom. The Hall–Kier alpha value is -1.06. The maximum atomic E-state index is 5.61. The van der Waals surface area contributed by atoms with Gasteiger partial charge in [-0.2, -0.15) is 0 Å². The van der Waals surface area contributed by atoms with E-state index in [2.05, 4.69) is 30.4 Å². The number of ether oxygens (including phenoxy) is 2. The second-order valence-electron chi connectivity index (χ2n) is 6.76. The molecule has 0 aromatic heterocycles. The highest BCUT2D eigenvalue weighted by Crippen LogP contribution is 2.37. The fourth-order valence-electron chi connectivity index (χ4n) is 3.32. The van der Waals surface area contributed by atoms with E-state index in [1.165, 1.54) is 24.0 Å². The zero-order valence-corrected chi connectivity index (χ0v) is 13.3. The Bertz CT molecular complexity index is 476. The van der Waals surface area contributed by atoms with E-state index < -0.39 is 0 Å². The molecule has 3 rings (SSSR count). The third-order valence-corrected chi connectivity index (χ3v) is 4.90. The first kappa shape index (κ1) is 14.9. The van der Waals surface area contributed by atoms with Crippen LogP contribution in [0, 0.1) is 12.3 Å². The van der Waals surface area contributed by atoms with Gasteiger partial charge in [-0.3, -0.25) is 0 Å². The predicted octanol–water partition coefficient (Wildman–Crippen LogP) is 3.09. The lowest BCUT2D eigenvalue weighted by Crippen LogP contribution is -2.41. The molecule has 0 amide bonds. The molecular formula is C18H27NO2. The van der Waals surface area contributed by atoms with Crippen LogP contribution >= 0.6 is 0 Å². The summed E-state index contributed by atoms with van der Waals surface area (Å²) in [6.45, 7) is 5.04. The van der Waals surface area contributed by atoms with Gasteiger partial charge in [-0.1, -0.05) is 17.7 Å². The molecule has 1 aliphatic carbocycles. The van der Waals surface area contributed by atoms with Gasteiger partial charge in [0.2, 0.25) is 0 Å². The molecule has 1 saturated carbocycles. The smallest absolute Gasteiger partial charge is 0.122 e. The number of nitrogens with one attached hydrogen (secondary N) is 1. The van der Waals surface area contributed by atoms with Crippen molar-refractivity contribution in [2.75, 3.05) is 26.9 Å².